The summed E-state index contributed by atoms with van der Waals surface area (Å²) in [5, 5.41) is 133. The zero-order chi connectivity index (χ0) is 58.2. The van der Waals surface area contributed by atoms with Crippen molar-refractivity contribution in [3.63, 3.8) is 0 Å². The van der Waals surface area contributed by atoms with Crippen LogP contribution >= 0.6 is 0 Å². The van der Waals surface area contributed by atoms with Crippen LogP contribution in [0.1, 0.15) is 69.4 Å². The summed E-state index contributed by atoms with van der Waals surface area (Å²) in [6.45, 7) is -1.06. The van der Waals surface area contributed by atoms with E-state index >= 15 is 0 Å². The van der Waals surface area contributed by atoms with Gasteiger partial charge >= 0.3 is 0 Å². The molecule has 20 nitrogen and oxygen atoms in total. The minimum atomic E-state index is -1.54. The molecule has 0 radical (unpaired) electrons. The average molecular weight is 1140 g/mol. The lowest BCUT2D eigenvalue weighted by molar-refractivity contribution is -0.189. The monoisotopic (exact) mass is 1140 g/mol. The summed E-state index contributed by atoms with van der Waals surface area (Å²) in [7, 11) is 0. The fourth-order valence-corrected chi connectivity index (χ4v) is 12.5. The van der Waals surface area contributed by atoms with E-state index in [2.05, 4.69) is 9.97 Å². The largest absolute Gasteiger partial charge is 0.388 e. The van der Waals surface area contributed by atoms with Crippen molar-refractivity contribution in [3.05, 3.63) is 166 Å². The Morgan fingerprint density at radius 3 is 0.726 bits per heavy atom. The second-order valence-corrected chi connectivity index (χ2v) is 22.1. The van der Waals surface area contributed by atoms with Crippen molar-refractivity contribution in [2.75, 3.05) is 26.4 Å². The second kappa shape index (κ2) is 22.7. The molecule has 0 amide bonds. The first-order valence-electron chi connectivity index (χ1n) is 27.8. The molecule has 8 bridgehead atoms. The van der Waals surface area contributed by atoms with E-state index in [9.17, 15) is 61.3 Å². The summed E-state index contributed by atoms with van der Waals surface area (Å²) < 4.78 is 24.5. The van der Waals surface area contributed by atoms with Crippen molar-refractivity contribution in [3.8, 4) is 44.5 Å². The van der Waals surface area contributed by atoms with Gasteiger partial charge in [-0.2, -0.15) is 0 Å². The topological polar surface area (TPSA) is 337 Å². The summed E-state index contributed by atoms with van der Waals surface area (Å²) >= 11 is 0. The summed E-state index contributed by atoms with van der Waals surface area (Å²) in [5.41, 5.74) is 9.74. The highest BCUT2D eigenvalue weighted by atomic mass is 16.5. The van der Waals surface area contributed by atoms with E-state index in [1.54, 1.807) is 48.5 Å². The van der Waals surface area contributed by atoms with Crippen LogP contribution in [0, 0.1) is 0 Å². The van der Waals surface area contributed by atoms with Crippen LogP contribution in [0.2, 0.25) is 0 Å². The third-order valence-electron chi connectivity index (χ3n) is 16.9. The smallest absolute Gasteiger partial charge is 0.113 e. The quantitative estimate of drug-likeness (QED) is 0.102. The second-order valence-electron chi connectivity index (χ2n) is 22.1. The van der Waals surface area contributed by atoms with Crippen LogP contribution in [-0.4, -0.2) is 181 Å². The molecule has 7 aromatic rings. The number of nitrogens with one attached hydrogen (secondary N) is 2. The molecular weight excluding hydrogens is 1080 g/mol. The zero-order valence-corrected chi connectivity index (χ0v) is 44.8. The lowest BCUT2D eigenvalue weighted by Crippen LogP contribution is -2.49. The fourth-order valence-electron chi connectivity index (χ4n) is 12.5. The van der Waals surface area contributed by atoms with Crippen LogP contribution < -0.4 is 0 Å². The molecule has 4 unspecified atom stereocenters. The van der Waals surface area contributed by atoms with E-state index in [0.29, 0.717) is 112 Å². The average Bonchev–Trinajstić information content (AvgIpc) is 2.35. The first kappa shape index (κ1) is 56.0. The standard InChI is InChI=1S/C64H62N4O16/c69-45-25-81-61(57(77)53(45)73)33-13-5-1-9-29(33)49-37-17-19-39(65-37)50(30-10-2-6-14-34(30)62-58(78)54(74)46(70)26-82-62)41-21-23-43(67-41)52(32-12-4-8-16-36(32)64-60(80)56(76)48(72)28-84-64)44-24-22-42(68-44)51(40-20-18-38(49)66-40)31-11-3-7-15-35(31)63-59(79)55(75)47(71)27-83-63/h1-24,45-48,53-65,68-80H,25-28H2/t45-,46-,47-,48-,53+,54+,55+,56+,57-,58-,59-,60-,61?,62?,63?,64?/m1/s1. The Bertz CT molecular complexity index is 3400. The van der Waals surface area contributed by atoms with Crippen LogP contribution in [0.15, 0.2) is 121 Å². The molecule has 20 heteroatoms. The number of aliphatic hydroxyl groups excluding tert-OH is 12. The van der Waals surface area contributed by atoms with Gasteiger partial charge in [-0.05, 0) is 93.1 Å². The molecule has 14 N–H and O–H groups in total. The zero-order valence-electron chi connectivity index (χ0n) is 44.8. The number of H-pyrrole nitrogens is 2. The minimum Gasteiger partial charge on any atom is -0.388 e. The molecule has 9 heterocycles. The van der Waals surface area contributed by atoms with Crippen molar-refractivity contribution in [2.24, 2.45) is 0 Å². The van der Waals surface area contributed by atoms with Crippen LogP contribution in [0.3, 0.4) is 0 Å². The van der Waals surface area contributed by atoms with Gasteiger partial charge in [0.1, 0.15) is 97.7 Å². The lowest BCUT2D eigenvalue weighted by atomic mass is 9.88. The van der Waals surface area contributed by atoms with Crippen LogP contribution in [0.4, 0.5) is 0 Å². The highest BCUT2D eigenvalue weighted by Gasteiger charge is 2.44. The van der Waals surface area contributed by atoms with Gasteiger partial charge in [0, 0.05) is 44.3 Å². The number of aliphatic hydroxyl groups is 12. The number of ether oxygens (including phenoxy) is 4. The number of aromatic nitrogens is 4. The third kappa shape index (κ3) is 9.72. The van der Waals surface area contributed by atoms with Crippen molar-refractivity contribution in [1.29, 1.82) is 0 Å². The van der Waals surface area contributed by atoms with E-state index < -0.39 is 97.7 Å². The Labute approximate surface area is 479 Å². The molecule has 6 aliphatic heterocycles. The SMILES string of the molecule is O[C@H]1[C@H](O)COC(c2ccccc2-c2c3nc(c(-c4ccccc4C4OC[C@@H](O)[C@H](O)[C@H]4O)c4ccc([nH]4)c(-c4ccccc4C4OC[C@@H](O)[C@H](O)[C@H]4O)c4nc(c(-c5ccccc5C5OC[C@@H](O)[C@H](O)[C@H]5O)c5ccc2[nH]5)C=C4)C=C3)[C@@H]1O. The van der Waals surface area contributed by atoms with Gasteiger partial charge in [-0.3, -0.25) is 0 Å². The van der Waals surface area contributed by atoms with E-state index in [-0.39, 0.29) is 26.4 Å². The maximum absolute atomic E-state index is 11.6. The van der Waals surface area contributed by atoms with Gasteiger partial charge in [-0.25, -0.2) is 9.97 Å². The van der Waals surface area contributed by atoms with Crippen molar-refractivity contribution >= 4 is 46.4 Å². The molecule has 4 saturated heterocycles. The molecule has 4 fully saturated rings. The number of aromatic amines is 2. The summed E-state index contributed by atoms with van der Waals surface area (Å²) in [5.74, 6) is 0. The predicted octanol–water partition coefficient (Wildman–Crippen LogP) is 3.94. The van der Waals surface area contributed by atoms with E-state index in [1.165, 1.54) is 0 Å². The molecule has 84 heavy (non-hydrogen) atoms. The Kier molecular flexibility index (Phi) is 15.1. The number of rotatable bonds is 8. The molecule has 0 spiro atoms. The fraction of sp³-hybridized carbons (Fsp3) is 0.312. The molecule has 0 saturated carbocycles. The van der Waals surface area contributed by atoms with E-state index in [4.69, 9.17) is 28.9 Å². The molecule has 0 aliphatic carbocycles. The van der Waals surface area contributed by atoms with Gasteiger partial charge in [0.05, 0.1) is 49.2 Å². The maximum Gasteiger partial charge on any atom is 0.113 e. The molecule has 434 valence electrons. The molecule has 13 rings (SSSR count). The minimum absolute atomic E-state index is 0.265. The van der Waals surface area contributed by atoms with E-state index in [0.717, 1.165) is 0 Å². The molecule has 3 aromatic heterocycles. The number of hydrogen-bond donors (Lipinski definition) is 14. The summed E-state index contributed by atoms with van der Waals surface area (Å²) in [6.07, 6.45) is -14.8. The molecule has 4 aromatic carbocycles. The molecular formula is C64H62N4O16. The van der Waals surface area contributed by atoms with Gasteiger partial charge in [-0.1, -0.05) is 97.1 Å². The van der Waals surface area contributed by atoms with Crippen LogP contribution in [-0.2, 0) is 18.9 Å². The highest BCUT2D eigenvalue weighted by Crippen LogP contribution is 2.46. The van der Waals surface area contributed by atoms with Gasteiger partial charge in [-0.15, -0.1) is 0 Å². The number of fused-ring (bicyclic) bond motifs is 8. The Morgan fingerprint density at radius 1 is 0.286 bits per heavy atom. The van der Waals surface area contributed by atoms with Gasteiger partial charge in [0.15, 0.2) is 0 Å². The normalized spacial score (nSPS) is 30.6. The number of nitrogens with zero attached hydrogens (tertiary/aromatic N) is 2. The molecule has 6 aliphatic rings. The van der Waals surface area contributed by atoms with Gasteiger partial charge < -0.3 is 90.2 Å². The summed E-state index contributed by atoms with van der Waals surface area (Å²) in [6, 6.07) is 36.2. The number of benzene rings is 4. The Morgan fingerprint density at radius 2 is 0.500 bits per heavy atom. The Balaban J connectivity index is 1.16. The lowest BCUT2D eigenvalue weighted by Gasteiger charge is -2.36. The van der Waals surface area contributed by atoms with E-state index in [1.807, 2.05) is 97.1 Å². The predicted molar refractivity (Wildman–Crippen MR) is 307 cm³/mol. The molecule has 16 atom stereocenters. The van der Waals surface area contributed by atoms with Crippen LogP contribution in [0.25, 0.3) is 90.9 Å². The third-order valence-corrected chi connectivity index (χ3v) is 16.9. The van der Waals surface area contributed by atoms with Crippen molar-refractivity contribution < 1.29 is 80.2 Å². The number of hydrogen-bond acceptors (Lipinski definition) is 18. The van der Waals surface area contributed by atoms with Crippen molar-refractivity contribution in [1.82, 2.24) is 19.9 Å². The maximum atomic E-state index is 11.6. The van der Waals surface area contributed by atoms with Crippen molar-refractivity contribution in [2.45, 2.75) is 97.7 Å². The Hall–Kier alpha value is -7.16. The van der Waals surface area contributed by atoms with Gasteiger partial charge in [0.2, 0.25) is 0 Å². The first-order valence-corrected chi connectivity index (χ1v) is 27.8. The van der Waals surface area contributed by atoms with Gasteiger partial charge in [0.25, 0.3) is 0 Å². The van der Waals surface area contributed by atoms with Crippen LogP contribution in [0.5, 0.6) is 0 Å². The summed E-state index contributed by atoms with van der Waals surface area (Å²) in [4.78, 5) is 18.3. The highest BCUT2D eigenvalue weighted by molar-refractivity contribution is 6.01. The first-order chi connectivity index (χ1) is 40.7.